The summed E-state index contributed by atoms with van der Waals surface area (Å²) < 4.78 is 0. The first-order chi connectivity index (χ1) is 7.00. The normalized spacial score (nSPS) is 12.8. The van der Waals surface area contributed by atoms with Crippen LogP contribution < -0.4 is 0 Å². The zero-order chi connectivity index (χ0) is 11.4. The fourth-order valence-corrected chi connectivity index (χ4v) is 1.98. The fraction of sp³-hybridized carbons (Fsp3) is 0.364. The maximum atomic E-state index is 10.5. The Morgan fingerprint density at radius 3 is 2.20 bits per heavy atom. The number of hydrogen-bond donors (Lipinski definition) is 2. The summed E-state index contributed by atoms with van der Waals surface area (Å²) in [5.74, 6) is -1.22. The Kier molecular flexibility index (Phi) is 4.17. The van der Waals surface area contributed by atoms with E-state index in [1.807, 2.05) is 12.1 Å². The van der Waals surface area contributed by atoms with Gasteiger partial charge in [-0.25, -0.2) is 4.79 Å². The molecule has 1 aromatic rings. The molecule has 0 radical (unpaired) electrons. The molecular formula is C11H14O3S. The van der Waals surface area contributed by atoms with E-state index in [2.05, 4.69) is 13.8 Å². The Hall–Kier alpha value is -1.00. The molecular weight excluding hydrogens is 212 g/mol. The molecule has 0 fully saturated rings. The van der Waals surface area contributed by atoms with Gasteiger partial charge in [0.1, 0.15) is 0 Å². The molecule has 1 rings (SSSR count). The lowest BCUT2D eigenvalue weighted by Crippen LogP contribution is -2.10. The van der Waals surface area contributed by atoms with Gasteiger partial charge in [-0.15, -0.1) is 11.8 Å². The molecule has 2 N–H and O–H groups in total. The van der Waals surface area contributed by atoms with Crippen LogP contribution in [0.15, 0.2) is 29.2 Å². The van der Waals surface area contributed by atoms with Gasteiger partial charge in [0.15, 0.2) is 6.10 Å². The van der Waals surface area contributed by atoms with Crippen molar-refractivity contribution in [2.45, 2.75) is 30.1 Å². The molecule has 0 saturated carbocycles. The number of thioether (sulfide) groups is 1. The first-order valence-electron chi connectivity index (χ1n) is 4.68. The predicted molar refractivity (Wildman–Crippen MR) is 60.0 cm³/mol. The molecule has 0 heterocycles. The number of carbonyl (C=O) groups is 1. The fourth-order valence-electron chi connectivity index (χ4n) is 1.14. The minimum atomic E-state index is -1.43. The first-order valence-corrected chi connectivity index (χ1v) is 5.56. The van der Waals surface area contributed by atoms with Crippen molar-refractivity contribution in [3.63, 3.8) is 0 Å². The number of benzene rings is 1. The number of aliphatic hydroxyl groups is 1. The molecule has 1 atom stereocenters. The molecule has 0 aliphatic heterocycles. The molecule has 1 aromatic carbocycles. The topological polar surface area (TPSA) is 57.5 Å². The quantitative estimate of drug-likeness (QED) is 0.773. The van der Waals surface area contributed by atoms with Crippen LogP contribution in [0.25, 0.3) is 0 Å². The zero-order valence-corrected chi connectivity index (χ0v) is 9.49. The summed E-state index contributed by atoms with van der Waals surface area (Å²) in [6.07, 6.45) is -1.43. The maximum Gasteiger partial charge on any atom is 0.337 e. The summed E-state index contributed by atoms with van der Waals surface area (Å²) in [5.41, 5.74) is 0.413. The lowest BCUT2D eigenvalue weighted by Gasteiger charge is -2.08. The largest absolute Gasteiger partial charge is 0.479 e. The van der Waals surface area contributed by atoms with Crippen molar-refractivity contribution >= 4 is 17.7 Å². The summed E-state index contributed by atoms with van der Waals surface area (Å²) in [5, 5.41) is 18.3. The van der Waals surface area contributed by atoms with Crippen LogP contribution in [0.1, 0.15) is 25.5 Å². The third-order valence-electron chi connectivity index (χ3n) is 1.80. The van der Waals surface area contributed by atoms with Crippen molar-refractivity contribution in [1.82, 2.24) is 0 Å². The average Bonchev–Trinajstić information content (AvgIpc) is 2.17. The lowest BCUT2D eigenvalue weighted by atomic mass is 10.1. The molecule has 0 aliphatic carbocycles. The summed E-state index contributed by atoms with van der Waals surface area (Å²) in [6.45, 7) is 4.18. The van der Waals surface area contributed by atoms with Crippen molar-refractivity contribution < 1.29 is 15.0 Å². The van der Waals surface area contributed by atoms with Crippen molar-refractivity contribution in [2.75, 3.05) is 0 Å². The zero-order valence-electron chi connectivity index (χ0n) is 8.68. The molecule has 0 bridgehead atoms. The van der Waals surface area contributed by atoms with E-state index in [-0.39, 0.29) is 0 Å². The van der Waals surface area contributed by atoms with Crippen molar-refractivity contribution in [3.8, 4) is 0 Å². The Labute approximate surface area is 93.1 Å². The molecule has 0 aliphatic rings. The number of carboxylic acids is 1. The molecule has 0 amide bonds. The van der Waals surface area contributed by atoms with Crippen LogP contribution in [0.3, 0.4) is 0 Å². The standard InChI is InChI=1S/C11H14O3S/c1-7(2)15-9-5-3-8(4-6-9)10(12)11(13)14/h3-7,10,12H,1-2H3,(H,13,14). The molecule has 0 aromatic heterocycles. The van der Waals surface area contributed by atoms with Crippen LogP contribution in [-0.2, 0) is 4.79 Å². The molecule has 82 valence electrons. The predicted octanol–water partition coefficient (Wildman–Crippen LogP) is 2.31. The van der Waals surface area contributed by atoms with Crippen LogP contribution >= 0.6 is 11.8 Å². The van der Waals surface area contributed by atoms with Gasteiger partial charge in [0.2, 0.25) is 0 Å². The number of aliphatic carboxylic acids is 1. The van der Waals surface area contributed by atoms with Gasteiger partial charge >= 0.3 is 5.97 Å². The Balaban J connectivity index is 2.76. The summed E-state index contributed by atoms with van der Waals surface area (Å²) >= 11 is 1.70. The third-order valence-corrected chi connectivity index (χ3v) is 2.82. The minimum absolute atomic E-state index is 0.413. The maximum absolute atomic E-state index is 10.5. The van der Waals surface area contributed by atoms with Crippen LogP contribution in [0.5, 0.6) is 0 Å². The van der Waals surface area contributed by atoms with E-state index in [4.69, 9.17) is 5.11 Å². The van der Waals surface area contributed by atoms with Gasteiger partial charge in [-0.2, -0.15) is 0 Å². The van der Waals surface area contributed by atoms with Gasteiger partial charge in [0, 0.05) is 10.1 Å². The van der Waals surface area contributed by atoms with E-state index in [1.54, 1.807) is 23.9 Å². The van der Waals surface area contributed by atoms with Crippen LogP contribution in [0.4, 0.5) is 0 Å². The van der Waals surface area contributed by atoms with Crippen molar-refractivity contribution in [3.05, 3.63) is 29.8 Å². The second-order valence-electron chi connectivity index (χ2n) is 3.48. The monoisotopic (exact) mass is 226 g/mol. The smallest absolute Gasteiger partial charge is 0.337 e. The lowest BCUT2D eigenvalue weighted by molar-refractivity contribution is -0.146. The molecule has 15 heavy (non-hydrogen) atoms. The van der Waals surface area contributed by atoms with E-state index in [1.165, 1.54) is 0 Å². The Morgan fingerprint density at radius 1 is 1.27 bits per heavy atom. The third kappa shape index (κ3) is 3.57. The number of carboxylic acid groups (broad SMARTS) is 1. The van der Waals surface area contributed by atoms with Crippen molar-refractivity contribution in [2.24, 2.45) is 0 Å². The van der Waals surface area contributed by atoms with Gasteiger partial charge in [0.25, 0.3) is 0 Å². The second kappa shape index (κ2) is 5.19. The van der Waals surface area contributed by atoms with E-state index in [0.29, 0.717) is 10.8 Å². The van der Waals surface area contributed by atoms with Crippen LogP contribution in [0.2, 0.25) is 0 Å². The molecule has 4 heteroatoms. The van der Waals surface area contributed by atoms with Crippen LogP contribution in [-0.4, -0.2) is 21.4 Å². The highest BCUT2D eigenvalue weighted by molar-refractivity contribution is 7.99. The number of aliphatic hydroxyl groups excluding tert-OH is 1. The van der Waals surface area contributed by atoms with Crippen molar-refractivity contribution in [1.29, 1.82) is 0 Å². The number of hydrogen-bond acceptors (Lipinski definition) is 3. The van der Waals surface area contributed by atoms with Gasteiger partial charge in [-0.1, -0.05) is 26.0 Å². The van der Waals surface area contributed by atoms with E-state index in [0.717, 1.165) is 4.90 Å². The molecule has 0 spiro atoms. The summed E-state index contributed by atoms with van der Waals surface area (Å²) in [4.78, 5) is 11.6. The Bertz CT molecular complexity index is 332. The Morgan fingerprint density at radius 2 is 1.80 bits per heavy atom. The molecule has 1 unspecified atom stereocenters. The molecule has 0 saturated heterocycles. The van der Waals surface area contributed by atoms with E-state index in [9.17, 15) is 9.90 Å². The summed E-state index contributed by atoms with van der Waals surface area (Å²) in [6, 6.07) is 6.94. The van der Waals surface area contributed by atoms with E-state index < -0.39 is 12.1 Å². The molecule has 3 nitrogen and oxygen atoms in total. The number of rotatable bonds is 4. The average molecular weight is 226 g/mol. The van der Waals surface area contributed by atoms with Gasteiger partial charge in [-0.05, 0) is 17.7 Å². The first kappa shape index (κ1) is 12.1. The highest BCUT2D eigenvalue weighted by atomic mass is 32.2. The highest BCUT2D eigenvalue weighted by Gasteiger charge is 2.15. The second-order valence-corrected chi connectivity index (χ2v) is 5.13. The minimum Gasteiger partial charge on any atom is -0.479 e. The van der Waals surface area contributed by atoms with Crippen LogP contribution in [0, 0.1) is 0 Å². The van der Waals surface area contributed by atoms with E-state index >= 15 is 0 Å². The van der Waals surface area contributed by atoms with Gasteiger partial charge < -0.3 is 10.2 Å². The summed E-state index contributed by atoms with van der Waals surface area (Å²) in [7, 11) is 0. The van der Waals surface area contributed by atoms with Gasteiger partial charge in [-0.3, -0.25) is 0 Å². The highest BCUT2D eigenvalue weighted by Crippen LogP contribution is 2.24. The van der Waals surface area contributed by atoms with Gasteiger partial charge in [0.05, 0.1) is 0 Å². The SMILES string of the molecule is CC(C)Sc1ccc(C(O)C(=O)O)cc1.